The number of aromatic nitrogens is 1. The Morgan fingerprint density at radius 1 is 1.03 bits per heavy atom. The number of fused-ring (bicyclic) bond motifs is 1. The van der Waals surface area contributed by atoms with E-state index in [1.54, 1.807) is 19.1 Å². The van der Waals surface area contributed by atoms with Crippen molar-refractivity contribution in [3.8, 4) is 11.5 Å². The van der Waals surface area contributed by atoms with Gasteiger partial charge in [0, 0.05) is 32.6 Å². The van der Waals surface area contributed by atoms with Gasteiger partial charge < -0.3 is 19.3 Å². The molecule has 0 bridgehead atoms. The van der Waals surface area contributed by atoms with Gasteiger partial charge in [-0.15, -0.1) is 0 Å². The summed E-state index contributed by atoms with van der Waals surface area (Å²) in [7, 11) is -0.318. The Labute approximate surface area is 201 Å². The van der Waals surface area contributed by atoms with Crippen molar-refractivity contribution in [2.45, 2.75) is 17.7 Å². The van der Waals surface area contributed by atoms with Crippen LogP contribution in [0.1, 0.15) is 12.8 Å². The van der Waals surface area contributed by atoms with Crippen molar-refractivity contribution in [1.82, 2.24) is 9.88 Å². The lowest BCUT2D eigenvalue weighted by molar-refractivity contribution is -0.131. The van der Waals surface area contributed by atoms with Gasteiger partial charge in [0.1, 0.15) is 27.5 Å². The predicted octanol–water partition coefficient (Wildman–Crippen LogP) is 3.36. The summed E-state index contributed by atoms with van der Waals surface area (Å²) < 4.78 is 49.6. The highest BCUT2D eigenvalue weighted by atomic mass is 32.2. The topological polar surface area (TPSA) is 89.0 Å². The normalized spacial score (nSPS) is 14.4. The van der Waals surface area contributed by atoms with E-state index in [-0.39, 0.29) is 29.4 Å². The second-order valence-corrected chi connectivity index (χ2v) is 11.0. The molecule has 0 radical (unpaired) electrons. The Morgan fingerprint density at radius 3 is 2.32 bits per heavy atom. The number of rotatable bonds is 8. The number of anilines is 1. The van der Waals surface area contributed by atoms with Crippen molar-refractivity contribution in [2.24, 2.45) is 0 Å². The molecule has 182 valence electrons. The molecule has 1 saturated heterocycles. The van der Waals surface area contributed by atoms with E-state index >= 15 is 0 Å². The molecule has 1 amide bonds. The predicted molar refractivity (Wildman–Crippen MR) is 129 cm³/mol. The number of hydrogen-bond acceptors (Lipinski definition) is 8. The molecule has 1 aromatic heterocycles. The number of sulfone groups is 1. The van der Waals surface area contributed by atoms with Crippen LogP contribution in [0.2, 0.25) is 0 Å². The summed E-state index contributed by atoms with van der Waals surface area (Å²) in [6, 6.07) is 8.43. The van der Waals surface area contributed by atoms with Crippen molar-refractivity contribution in [1.29, 1.82) is 0 Å². The van der Waals surface area contributed by atoms with E-state index in [0.717, 1.165) is 33.2 Å². The first kappa shape index (κ1) is 24.2. The van der Waals surface area contributed by atoms with Crippen LogP contribution < -0.4 is 14.4 Å². The van der Waals surface area contributed by atoms with Crippen LogP contribution in [-0.2, 0) is 14.6 Å². The molecule has 34 heavy (non-hydrogen) atoms. The quantitative estimate of drug-likeness (QED) is 0.432. The molecule has 11 heteroatoms. The Morgan fingerprint density at radius 2 is 1.68 bits per heavy atom. The summed E-state index contributed by atoms with van der Waals surface area (Å²) in [5.74, 6) is 0.713. The summed E-state index contributed by atoms with van der Waals surface area (Å²) in [6.07, 6.45) is 0.367. The van der Waals surface area contributed by atoms with Gasteiger partial charge in [0.2, 0.25) is 5.91 Å². The minimum atomic E-state index is -3.55. The molecule has 8 nitrogen and oxygen atoms in total. The second kappa shape index (κ2) is 10.1. The number of nitrogens with zero attached hydrogens (tertiary/aromatic N) is 3. The molecular formula is C23H26FN3O5S2. The molecule has 1 fully saturated rings. The summed E-state index contributed by atoms with van der Waals surface area (Å²) in [5, 5.41) is 0.843. The van der Waals surface area contributed by atoms with E-state index < -0.39 is 15.7 Å². The van der Waals surface area contributed by atoms with Crippen LogP contribution in [0.5, 0.6) is 11.5 Å². The second-order valence-electron chi connectivity index (χ2n) is 7.89. The third-order valence-electron chi connectivity index (χ3n) is 5.78. The van der Waals surface area contributed by atoms with Gasteiger partial charge in [0.15, 0.2) is 15.0 Å². The maximum absolute atomic E-state index is 13.0. The maximum Gasteiger partial charge on any atom is 0.222 e. The molecule has 1 aliphatic rings. The lowest BCUT2D eigenvalue weighted by Gasteiger charge is -2.34. The number of hydrogen-bond donors (Lipinski definition) is 0. The van der Waals surface area contributed by atoms with Gasteiger partial charge in [-0.1, -0.05) is 11.3 Å². The molecule has 0 N–H and O–H groups in total. The average Bonchev–Trinajstić information content (AvgIpc) is 3.29. The molecule has 2 heterocycles. The van der Waals surface area contributed by atoms with Crippen LogP contribution in [0, 0.1) is 5.82 Å². The monoisotopic (exact) mass is 507 g/mol. The zero-order chi connectivity index (χ0) is 24.3. The highest BCUT2D eigenvalue weighted by molar-refractivity contribution is 7.91. The summed E-state index contributed by atoms with van der Waals surface area (Å²) >= 11 is 1.53. The van der Waals surface area contributed by atoms with Crippen LogP contribution >= 0.6 is 11.3 Å². The Hall–Kier alpha value is -2.92. The van der Waals surface area contributed by atoms with Gasteiger partial charge in [0.25, 0.3) is 0 Å². The number of methoxy groups -OCH3 is 2. The number of piperazine rings is 1. The van der Waals surface area contributed by atoms with E-state index in [2.05, 4.69) is 4.90 Å². The van der Waals surface area contributed by atoms with E-state index in [1.165, 1.54) is 23.5 Å². The van der Waals surface area contributed by atoms with Gasteiger partial charge in [-0.2, -0.15) is 0 Å². The number of carbonyl (C=O) groups is 1. The fourth-order valence-electron chi connectivity index (χ4n) is 3.89. The summed E-state index contributed by atoms with van der Waals surface area (Å²) in [5.41, 5.74) is 0.753. The minimum Gasteiger partial charge on any atom is -0.495 e. The van der Waals surface area contributed by atoms with Crippen molar-refractivity contribution >= 4 is 42.4 Å². The van der Waals surface area contributed by atoms with E-state index in [1.807, 2.05) is 12.1 Å². The zero-order valence-electron chi connectivity index (χ0n) is 19.0. The smallest absolute Gasteiger partial charge is 0.222 e. The largest absolute Gasteiger partial charge is 0.495 e. The molecule has 0 spiro atoms. The highest BCUT2D eigenvalue weighted by Gasteiger charge is 2.25. The lowest BCUT2D eigenvalue weighted by Crippen LogP contribution is -2.48. The zero-order valence-corrected chi connectivity index (χ0v) is 20.6. The summed E-state index contributed by atoms with van der Waals surface area (Å²) in [6.45, 7) is 2.33. The van der Waals surface area contributed by atoms with Gasteiger partial charge in [0.05, 0.1) is 24.9 Å². The molecule has 0 saturated carbocycles. The van der Waals surface area contributed by atoms with Crippen molar-refractivity contribution in [3.63, 3.8) is 0 Å². The molecule has 0 aliphatic carbocycles. The fraction of sp³-hybridized carbons (Fsp3) is 0.391. The SMILES string of the molecule is COc1ccc(OC)c2sc(N3CCN(C(=O)CCCS(=O)(=O)c4ccc(F)cc4)CC3)nc12. The molecular weight excluding hydrogens is 481 g/mol. The van der Waals surface area contributed by atoms with Crippen LogP contribution in [0.15, 0.2) is 41.3 Å². The van der Waals surface area contributed by atoms with Crippen molar-refractivity contribution < 1.29 is 27.1 Å². The molecule has 4 rings (SSSR count). The van der Waals surface area contributed by atoms with Crippen LogP contribution in [0.4, 0.5) is 9.52 Å². The average molecular weight is 508 g/mol. The number of carbonyl (C=O) groups excluding carboxylic acids is 1. The van der Waals surface area contributed by atoms with Gasteiger partial charge in [-0.25, -0.2) is 17.8 Å². The fourth-order valence-corrected chi connectivity index (χ4v) is 6.32. The number of amides is 1. The molecule has 0 unspecified atom stereocenters. The van der Waals surface area contributed by atoms with Gasteiger partial charge >= 0.3 is 0 Å². The minimum absolute atomic E-state index is 0.0680. The summed E-state index contributed by atoms with van der Waals surface area (Å²) in [4.78, 5) is 21.3. The highest BCUT2D eigenvalue weighted by Crippen LogP contribution is 2.40. The Balaban J connectivity index is 1.32. The third-order valence-corrected chi connectivity index (χ3v) is 8.73. The van der Waals surface area contributed by atoms with Gasteiger partial charge in [-0.05, 0) is 42.8 Å². The molecule has 0 atom stereocenters. The molecule has 2 aromatic carbocycles. The van der Waals surface area contributed by atoms with Crippen molar-refractivity contribution in [3.05, 3.63) is 42.2 Å². The van der Waals surface area contributed by atoms with Crippen LogP contribution in [0.3, 0.4) is 0 Å². The first-order valence-electron chi connectivity index (χ1n) is 10.8. The third kappa shape index (κ3) is 5.10. The number of thiazole rings is 1. The van der Waals surface area contributed by atoms with Crippen molar-refractivity contribution in [2.75, 3.05) is 51.1 Å². The first-order valence-corrected chi connectivity index (χ1v) is 13.3. The first-order chi connectivity index (χ1) is 16.3. The lowest BCUT2D eigenvalue weighted by atomic mass is 10.2. The molecule has 3 aromatic rings. The van der Waals surface area contributed by atoms with Crippen LogP contribution in [-0.4, -0.2) is 70.4 Å². The van der Waals surface area contributed by atoms with Crippen LogP contribution in [0.25, 0.3) is 10.2 Å². The Bertz CT molecular complexity index is 1230. The number of ether oxygens (including phenoxy) is 2. The van der Waals surface area contributed by atoms with E-state index in [0.29, 0.717) is 31.9 Å². The number of halogens is 1. The van der Waals surface area contributed by atoms with Gasteiger partial charge in [-0.3, -0.25) is 4.79 Å². The Kier molecular flexibility index (Phi) is 7.22. The maximum atomic E-state index is 13.0. The van der Waals surface area contributed by atoms with E-state index in [4.69, 9.17) is 14.5 Å². The van der Waals surface area contributed by atoms with E-state index in [9.17, 15) is 17.6 Å². The number of benzene rings is 2. The standard InChI is InChI=1S/C23H26FN3O5S2/c1-31-18-9-10-19(32-2)22-21(18)25-23(33-22)27-13-11-26(12-14-27)20(28)4-3-15-34(29,30)17-7-5-16(24)6-8-17/h5-10H,3-4,11-15H2,1-2H3. The molecule has 1 aliphatic heterocycles.